The number of sulfonamides is 1. The summed E-state index contributed by atoms with van der Waals surface area (Å²) in [5.74, 6) is 0.115. The summed E-state index contributed by atoms with van der Waals surface area (Å²) in [6.07, 6.45) is 3.05. The third kappa shape index (κ3) is 5.60. The number of aryl methyl sites for hydroxylation is 1. The van der Waals surface area contributed by atoms with Crippen LogP contribution >= 0.6 is 11.6 Å². The molecule has 2 heterocycles. The van der Waals surface area contributed by atoms with Crippen molar-refractivity contribution in [3.8, 4) is 0 Å². The minimum atomic E-state index is -3.90. The number of carbonyl (C=O) groups is 1. The van der Waals surface area contributed by atoms with Crippen molar-refractivity contribution >= 4 is 39.3 Å². The smallest absolute Gasteiger partial charge is 0.270 e. The summed E-state index contributed by atoms with van der Waals surface area (Å²) in [5.41, 5.74) is 1.11. The minimum absolute atomic E-state index is 0.0940. The first-order chi connectivity index (χ1) is 15.5. The Labute approximate surface area is 197 Å². The number of nitro groups is 1. The molecule has 1 aliphatic rings. The van der Waals surface area contributed by atoms with Crippen LogP contribution in [0.4, 0.5) is 5.69 Å². The topological polar surface area (TPSA) is 119 Å². The molecule has 0 spiro atoms. The van der Waals surface area contributed by atoms with Crippen LogP contribution in [0.5, 0.6) is 0 Å². The summed E-state index contributed by atoms with van der Waals surface area (Å²) in [5, 5.41) is 15.8. The molecule has 1 aromatic carbocycles. The van der Waals surface area contributed by atoms with E-state index in [0.717, 1.165) is 11.8 Å². The van der Waals surface area contributed by atoms with E-state index in [2.05, 4.69) is 18.9 Å². The number of non-ortho nitro benzene ring substituents is 1. The first-order valence-electron chi connectivity index (χ1n) is 10.4. The molecule has 1 aromatic heterocycles. The molecular weight excluding hydrogens is 470 g/mol. The molecule has 1 amide bonds. The predicted molar refractivity (Wildman–Crippen MR) is 124 cm³/mol. The lowest BCUT2D eigenvalue weighted by Gasteiger charge is -2.33. The Morgan fingerprint density at radius 3 is 2.55 bits per heavy atom. The van der Waals surface area contributed by atoms with Crippen LogP contribution in [-0.4, -0.2) is 64.4 Å². The Kier molecular flexibility index (Phi) is 7.55. The van der Waals surface area contributed by atoms with E-state index in [0.29, 0.717) is 23.2 Å². The monoisotopic (exact) mass is 495 g/mol. The highest BCUT2D eigenvalue weighted by atomic mass is 35.5. The van der Waals surface area contributed by atoms with E-state index < -0.39 is 14.9 Å². The summed E-state index contributed by atoms with van der Waals surface area (Å²) < 4.78 is 28.7. The fourth-order valence-corrected chi connectivity index (χ4v) is 5.31. The highest BCUT2D eigenvalue weighted by Crippen LogP contribution is 2.24. The summed E-state index contributed by atoms with van der Waals surface area (Å²) >= 11 is 6.41. The molecule has 33 heavy (non-hydrogen) atoms. The second kappa shape index (κ2) is 10.0. The van der Waals surface area contributed by atoms with E-state index in [1.54, 1.807) is 15.7 Å². The van der Waals surface area contributed by atoms with Gasteiger partial charge in [-0.05, 0) is 25.0 Å². The molecule has 0 radical (unpaired) electrons. The Bertz CT molecular complexity index is 1180. The zero-order valence-corrected chi connectivity index (χ0v) is 20.2. The molecule has 1 saturated heterocycles. The van der Waals surface area contributed by atoms with E-state index in [9.17, 15) is 23.3 Å². The third-order valence-corrected chi connectivity index (χ3v) is 7.55. The largest absolute Gasteiger partial charge is 0.337 e. The van der Waals surface area contributed by atoms with Crippen LogP contribution in [0.25, 0.3) is 6.08 Å². The van der Waals surface area contributed by atoms with Gasteiger partial charge in [-0.25, -0.2) is 8.42 Å². The van der Waals surface area contributed by atoms with E-state index >= 15 is 0 Å². The molecule has 10 nitrogen and oxygen atoms in total. The van der Waals surface area contributed by atoms with Crippen molar-refractivity contribution in [1.29, 1.82) is 0 Å². The zero-order valence-electron chi connectivity index (χ0n) is 18.6. The predicted octanol–water partition coefficient (Wildman–Crippen LogP) is 2.96. The molecular formula is C21H26ClN5O5S. The van der Waals surface area contributed by atoms with Crippen LogP contribution in [-0.2, 0) is 21.4 Å². The van der Waals surface area contributed by atoms with Gasteiger partial charge in [0.05, 0.1) is 15.5 Å². The second-order valence-electron chi connectivity index (χ2n) is 8.18. The Balaban J connectivity index is 1.65. The van der Waals surface area contributed by atoms with Crippen molar-refractivity contribution in [2.45, 2.75) is 32.2 Å². The highest BCUT2D eigenvalue weighted by Gasteiger charge is 2.30. The molecule has 1 aliphatic heterocycles. The molecule has 178 valence electrons. The molecule has 12 heteroatoms. The lowest BCUT2D eigenvalue weighted by molar-refractivity contribution is -0.385. The van der Waals surface area contributed by atoms with Gasteiger partial charge in [0, 0.05) is 56.5 Å². The summed E-state index contributed by atoms with van der Waals surface area (Å²) in [6, 6.07) is 4.95. The maximum Gasteiger partial charge on any atom is 0.270 e. The second-order valence-corrected chi connectivity index (χ2v) is 10.5. The molecule has 3 rings (SSSR count). The average Bonchev–Trinajstić information content (AvgIpc) is 3.03. The number of aromatic nitrogens is 2. The van der Waals surface area contributed by atoms with Gasteiger partial charge in [-0.2, -0.15) is 9.40 Å². The fraction of sp³-hybridized carbons (Fsp3) is 0.429. The average molecular weight is 496 g/mol. The van der Waals surface area contributed by atoms with Crippen molar-refractivity contribution in [2.75, 3.05) is 26.2 Å². The van der Waals surface area contributed by atoms with Crippen LogP contribution in [0.3, 0.4) is 0 Å². The molecule has 0 saturated carbocycles. The van der Waals surface area contributed by atoms with Crippen LogP contribution in [0.15, 0.2) is 35.2 Å². The summed E-state index contributed by atoms with van der Waals surface area (Å²) in [4.78, 5) is 24.4. The van der Waals surface area contributed by atoms with Crippen LogP contribution in [0.1, 0.15) is 25.1 Å². The van der Waals surface area contributed by atoms with Crippen LogP contribution in [0, 0.1) is 23.0 Å². The van der Waals surface area contributed by atoms with E-state index in [4.69, 9.17) is 11.6 Å². The van der Waals surface area contributed by atoms with Gasteiger partial charge in [0.2, 0.25) is 15.9 Å². The van der Waals surface area contributed by atoms with Crippen molar-refractivity contribution in [1.82, 2.24) is 19.0 Å². The lowest BCUT2D eigenvalue weighted by atomic mass is 10.2. The van der Waals surface area contributed by atoms with E-state index in [1.165, 1.54) is 28.6 Å². The minimum Gasteiger partial charge on any atom is -0.337 e. The van der Waals surface area contributed by atoms with Crippen molar-refractivity contribution in [3.05, 3.63) is 56.9 Å². The molecule has 0 N–H and O–H groups in total. The van der Waals surface area contributed by atoms with Gasteiger partial charge >= 0.3 is 0 Å². The number of rotatable bonds is 7. The lowest BCUT2D eigenvalue weighted by Crippen LogP contribution is -2.50. The Morgan fingerprint density at radius 1 is 1.27 bits per heavy atom. The molecule has 1 fully saturated rings. The van der Waals surface area contributed by atoms with Crippen LogP contribution in [0.2, 0.25) is 5.15 Å². The summed E-state index contributed by atoms with van der Waals surface area (Å²) in [6.45, 7) is 7.21. The van der Waals surface area contributed by atoms with Gasteiger partial charge in [-0.15, -0.1) is 0 Å². The van der Waals surface area contributed by atoms with Gasteiger partial charge in [0.15, 0.2) is 0 Å². The van der Waals surface area contributed by atoms with Gasteiger partial charge in [0.1, 0.15) is 5.15 Å². The van der Waals surface area contributed by atoms with E-state index in [1.807, 2.05) is 6.92 Å². The highest BCUT2D eigenvalue weighted by molar-refractivity contribution is 7.89. The normalized spacial score (nSPS) is 15.5. The number of halogens is 1. The number of hydrogen-bond acceptors (Lipinski definition) is 6. The maximum absolute atomic E-state index is 12.9. The number of nitrogens with zero attached hydrogens (tertiary/aromatic N) is 5. The van der Waals surface area contributed by atoms with Crippen molar-refractivity contribution in [3.63, 3.8) is 0 Å². The van der Waals surface area contributed by atoms with Gasteiger partial charge in [0.25, 0.3) is 5.69 Å². The number of piperazine rings is 1. The van der Waals surface area contributed by atoms with E-state index in [-0.39, 0.29) is 42.7 Å². The maximum atomic E-state index is 12.9. The van der Waals surface area contributed by atoms with Gasteiger partial charge in [-0.3, -0.25) is 19.6 Å². The Morgan fingerprint density at radius 2 is 1.94 bits per heavy atom. The third-order valence-electron chi connectivity index (χ3n) is 5.26. The van der Waals surface area contributed by atoms with Crippen molar-refractivity contribution in [2.24, 2.45) is 5.92 Å². The molecule has 2 aromatic rings. The molecule has 0 bridgehead atoms. The number of hydrogen-bond donors (Lipinski definition) is 0. The number of nitro benzene ring substituents is 1. The quantitative estimate of drug-likeness (QED) is 0.331. The van der Waals surface area contributed by atoms with Crippen LogP contribution < -0.4 is 0 Å². The number of amides is 1. The first-order valence-corrected chi connectivity index (χ1v) is 12.3. The molecule has 0 unspecified atom stereocenters. The van der Waals surface area contributed by atoms with Gasteiger partial charge in [-0.1, -0.05) is 31.5 Å². The molecule has 0 aliphatic carbocycles. The summed E-state index contributed by atoms with van der Waals surface area (Å²) in [7, 11) is -3.90. The van der Waals surface area contributed by atoms with Crippen molar-refractivity contribution < 1.29 is 18.1 Å². The first kappa shape index (κ1) is 24.9. The number of carbonyl (C=O) groups excluding carboxylic acids is 1. The number of benzene rings is 1. The Hall–Kier alpha value is -2.76. The van der Waals surface area contributed by atoms with Gasteiger partial charge < -0.3 is 4.90 Å². The zero-order chi connectivity index (χ0) is 24.3. The SMILES string of the molecule is Cc1nn(CC(C)C)c(Cl)c1/C=C/C(=O)N1CCN(S(=O)(=O)c2cccc([N+](=O)[O-])c2)CC1. The molecule has 0 atom stereocenters. The fourth-order valence-electron chi connectivity index (χ4n) is 3.54. The standard InChI is InChI=1S/C21H26ClN5O5S/c1-15(2)14-26-21(22)19(16(3)23-26)7-8-20(28)24-9-11-25(12-10-24)33(31,32)18-6-4-5-17(13-18)27(29)30/h4-8,13,15H,9-12,14H2,1-3H3/b8-7+.